The number of anilines is 3. The molecule has 0 saturated carbocycles. The molecular weight excluding hydrogens is 462 g/mol. The molecule has 0 atom stereocenters. The molecule has 8 nitrogen and oxygen atoms in total. The number of carbonyl (C=O) groups excluding carboxylic acids is 1. The highest BCUT2D eigenvalue weighted by Gasteiger charge is 2.28. The fraction of sp³-hybridized carbons (Fsp3) is 0.174. The average Bonchev–Trinajstić information content (AvgIpc) is 3.15. The van der Waals surface area contributed by atoms with Gasteiger partial charge in [0.05, 0.1) is 22.0 Å². The summed E-state index contributed by atoms with van der Waals surface area (Å²) in [4.78, 5) is 12.6. The SMILES string of the molecule is Cc1ccccc1NS(=O)(=O)c1ccc(C(=O)Nc2ccc(N3CCCS3(=O)=O)cc2)cc1. The third-order valence-corrected chi connectivity index (χ3v) is 8.58. The Morgan fingerprint density at radius 2 is 1.61 bits per heavy atom. The fourth-order valence-electron chi connectivity index (χ4n) is 3.52. The van der Waals surface area contributed by atoms with Gasteiger partial charge in [-0.05, 0) is 73.5 Å². The van der Waals surface area contributed by atoms with Crippen LogP contribution in [0.25, 0.3) is 0 Å². The zero-order valence-electron chi connectivity index (χ0n) is 17.9. The number of amides is 1. The van der Waals surface area contributed by atoms with Crippen molar-refractivity contribution in [3.63, 3.8) is 0 Å². The van der Waals surface area contributed by atoms with E-state index in [4.69, 9.17) is 0 Å². The van der Waals surface area contributed by atoms with E-state index in [1.807, 2.05) is 19.1 Å². The zero-order chi connectivity index (χ0) is 23.6. The third kappa shape index (κ3) is 5.01. The van der Waals surface area contributed by atoms with E-state index in [2.05, 4.69) is 10.0 Å². The molecule has 3 aromatic carbocycles. The molecule has 172 valence electrons. The van der Waals surface area contributed by atoms with Gasteiger partial charge in [-0.25, -0.2) is 16.8 Å². The quantitative estimate of drug-likeness (QED) is 0.554. The van der Waals surface area contributed by atoms with Gasteiger partial charge in [-0.3, -0.25) is 13.8 Å². The van der Waals surface area contributed by atoms with Gasteiger partial charge in [0.2, 0.25) is 10.0 Å². The van der Waals surface area contributed by atoms with Gasteiger partial charge in [0.25, 0.3) is 15.9 Å². The second kappa shape index (κ2) is 8.87. The van der Waals surface area contributed by atoms with Crippen molar-refractivity contribution in [1.29, 1.82) is 0 Å². The van der Waals surface area contributed by atoms with E-state index in [0.717, 1.165) is 5.56 Å². The number of rotatable bonds is 6. The van der Waals surface area contributed by atoms with Crippen LogP contribution in [-0.2, 0) is 20.0 Å². The Balaban J connectivity index is 1.44. The number of aryl methyl sites for hydroxylation is 1. The van der Waals surface area contributed by atoms with Gasteiger partial charge in [-0.1, -0.05) is 18.2 Å². The molecule has 0 aromatic heterocycles. The number of para-hydroxylation sites is 1. The number of hydrogen-bond donors (Lipinski definition) is 2. The monoisotopic (exact) mass is 485 g/mol. The molecule has 3 aromatic rings. The first-order valence-electron chi connectivity index (χ1n) is 10.3. The second-order valence-electron chi connectivity index (χ2n) is 7.69. The summed E-state index contributed by atoms with van der Waals surface area (Å²) < 4.78 is 53.3. The minimum Gasteiger partial charge on any atom is -0.322 e. The first-order valence-corrected chi connectivity index (χ1v) is 13.4. The first-order chi connectivity index (χ1) is 15.7. The Morgan fingerprint density at radius 1 is 0.939 bits per heavy atom. The van der Waals surface area contributed by atoms with E-state index in [1.165, 1.54) is 28.6 Å². The topological polar surface area (TPSA) is 113 Å². The van der Waals surface area contributed by atoms with Gasteiger partial charge < -0.3 is 5.32 Å². The summed E-state index contributed by atoms with van der Waals surface area (Å²) in [5, 5.41) is 2.73. The first kappa shape index (κ1) is 22.8. The maximum atomic E-state index is 12.7. The van der Waals surface area contributed by atoms with Gasteiger partial charge in [0.1, 0.15) is 0 Å². The van der Waals surface area contributed by atoms with Crippen molar-refractivity contribution in [1.82, 2.24) is 0 Å². The molecule has 0 radical (unpaired) electrons. The maximum Gasteiger partial charge on any atom is 0.261 e. The molecule has 0 spiro atoms. The smallest absolute Gasteiger partial charge is 0.261 e. The van der Waals surface area contributed by atoms with Crippen LogP contribution in [0.3, 0.4) is 0 Å². The lowest BCUT2D eigenvalue weighted by Crippen LogP contribution is -2.25. The van der Waals surface area contributed by atoms with Gasteiger partial charge in [0, 0.05) is 17.8 Å². The standard InChI is InChI=1S/C23H23N3O5S2/c1-17-5-2-3-6-22(17)25-33(30,31)21-13-7-18(8-14-21)23(27)24-19-9-11-20(12-10-19)26-15-4-16-32(26,28)29/h2-3,5-14,25H,4,15-16H2,1H3,(H,24,27). The molecule has 1 saturated heterocycles. The Morgan fingerprint density at radius 3 is 2.21 bits per heavy atom. The highest BCUT2D eigenvalue weighted by Crippen LogP contribution is 2.26. The van der Waals surface area contributed by atoms with Gasteiger partial charge in [-0.15, -0.1) is 0 Å². The minimum absolute atomic E-state index is 0.0403. The lowest BCUT2D eigenvalue weighted by atomic mass is 10.2. The van der Waals surface area contributed by atoms with Crippen LogP contribution < -0.4 is 14.3 Å². The normalized spacial score (nSPS) is 15.2. The van der Waals surface area contributed by atoms with Crippen molar-refractivity contribution >= 4 is 43.0 Å². The molecular formula is C23H23N3O5S2. The second-order valence-corrected chi connectivity index (χ2v) is 11.4. The predicted octanol–water partition coefficient (Wildman–Crippen LogP) is 3.59. The number of sulfonamides is 2. The number of nitrogens with zero attached hydrogens (tertiary/aromatic N) is 1. The number of nitrogens with one attached hydrogen (secondary N) is 2. The summed E-state index contributed by atoms with van der Waals surface area (Å²) in [5.74, 6) is -0.273. The highest BCUT2D eigenvalue weighted by atomic mass is 32.2. The Bertz CT molecular complexity index is 1380. The lowest BCUT2D eigenvalue weighted by Gasteiger charge is -2.17. The molecule has 2 N–H and O–H groups in total. The maximum absolute atomic E-state index is 12.7. The fourth-order valence-corrected chi connectivity index (χ4v) is 6.22. The van der Waals surface area contributed by atoms with Crippen LogP contribution >= 0.6 is 0 Å². The molecule has 1 aliphatic heterocycles. The van der Waals surface area contributed by atoms with E-state index in [0.29, 0.717) is 30.0 Å². The molecule has 1 heterocycles. The van der Waals surface area contributed by atoms with Crippen LogP contribution in [0.15, 0.2) is 77.7 Å². The van der Waals surface area contributed by atoms with Crippen LogP contribution in [0.1, 0.15) is 22.3 Å². The Labute approximate surface area is 193 Å². The van der Waals surface area contributed by atoms with Crippen molar-refractivity contribution in [3.8, 4) is 0 Å². The Hall–Kier alpha value is -3.37. The summed E-state index contributed by atoms with van der Waals surface area (Å²) in [6, 6.07) is 19.2. The molecule has 0 bridgehead atoms. The van der Waals surface area contributed by atoms with Gasteiger partial charge in [-0.2, -0.15) is 0 Å². The van der Waals surface area contributed by atoms with Crippen molar-refractivity contribution in [3.05, 3.63) is 83.9 Å². The molecule has 1 amide bonds. The molecule has 0 unspecified atom stereocenters. The van der Waals surface area contributed by atoms with E-state index < -0.39 is 26.0 Å². The third-order valence-electron chi connectivity index (χ3n) is 5.33. The summed E-state index contributed by atoms with van der Waals surface area (Å²) >= 11 is 0. The molecule has 10 heteroatoms. The van der Waals surface area contributed by atoms with Crippen LogP contribution in [0.5, 0.6) is 0 Å². The van der Waals surface area contributed by atoms with Crippen LogP contribution in [0.4, 0.5) is 17.1 Å². The highest BCUT2D eigenvalue weighted by molar-refractivity contribution is 7.93. The van der Waals surface area contributed by atoms with Crippen LogP contribution in [0, 0.1) is 6.92 Å². The average molecular weight is 486 g/mol. The number of carbonyl (C=O) groups is 1. The van der Waals surface area contributed by atoms with Gasteiger partial charge >= 0.3 is 0 Å². The van der Waals surface area contributed by atoms with Crippen LogP contribution in [-0.4, -0.2) is 35.0 Å². The number of benzene rings is 3. The molecule has 4 rings (SSSR count). The zero-order valence-corrected chi connectivity index (χ0v) is 19.5. The summed E-state index contributed by atoms with van der Waals surface area (Å²) in [6.45, 7) is 2.25. The lowest BCUT2D eigenvalue weighted by molar-refractivity contribution is 0.102. The summed E-state index contributed by atoms with van der Waals surface area (Å²) in [7, 11) is -7.06. The minimum atomic E-state index is -3.80. The molecule has 1 aliphatic rings. The van der Waals surface area contributed by atoms with Crippen LogP contribution in [0.2, 0.25) is 0 Å². The van der Waals surface area contributed by atoms with Gasteiger partial charge in [0.15, 0.2) is 0 Å². The molecule has 1 fully saturated rings. The molecule has 0 aliphatic carbocycles. The predicted molar refractivity (Wildman–Crippen MR) is 129 cm³/mol. The van der Waals surface area contributed by atoms with Crippen molar-refractivity contribution in [2.75, 3.05) is 26.6 Å². The summed E-state index contributed by atoms with van der Waals surface area (Å²) in [6.07, 6.45) is 0.590. The van der Waals surface area contributed by atoms with E-state index in [9.17, 15) is 21.6 Å². The van der Waals surface area contributed by atoms with E-state index >= 15 is 0 Å². The van der Waals surface area contributed by atoms with Crippen molar-refractivity contribution < 1.29 is 21.6 Å². The number of hydrogen-bond acceptors (Lipinski definition) is 5. The largest absolute Gasteiger partial charge is 0.322 e. The van der Waals surface area contributed by atoms with Crippen molar-refractivity contribution in [2.45, 2.75) is 18.2 Å². The molecule has 33 heavy (non-hydrogen) atoms. The van der Waals surface area contributed by atoms with Crippen molar-refractivity contribution in [2.24, 2.45) is 0 Å². The Kier molecular flexibility index (Phi) is 6.13. The van der Waals surface area contributed by atoms with E-state index in [1.54, 1.807) is 36.4 Å². The van der Waals surface area contributed by atoms with E-state index in [-0.39, 0.29) is 16.2 Å². The summed E-state index contributed by atoms with van der Waals surface area (Å²) in [5.41, 5.74) is 2.63.